The highest BCUT2D eigenvalue weighted by Crippen LogP contribution is 2.28. The van der Waals surface area contributed by atoms with Gasteiger partial charge in [0.05, 0.1) is 18.8 Å². The third kappa shape index (κ3) is 8.22. The zero-order chi connectivity index (χ0) is 28.8. The molecule has 11 heteroatoms. The van der Waals surface area contributed by atoms with Crippen LogP contribution in [-0.4, -0.2) is 63.9 Å². The van der Waals surface area contributed by atoms with Gasteiger partial charge in [-0.15, -0.1) is 0 Å². The number of nitrogens with one attached hydrogen (secondary N) is 1. The number of ether oxygens (including phenoxy) is 1. The zero-order valence-corrected chi connectivity index (χ0v) is 23.0. The fraction of sp³-hybridized carbons (Fsp3) is 0.345. The lowest BCUT2D eigenvalue weighted by Gasteiger charge is -2.36. The van der Waals surface area contributed by atoms with Gasteiger partial charge in [-0.1, -0.05) is 36.4 Å². The van der Waals surface area contributed by atoms with Crippen LogP contribution in [-0.2, 0) is 16.6 Å². The van der Waals surface area contributed by atoms with E-state index in [4.69, 9.17) is 4.74 Å². The number of halogens is 3. The predicted molar refractivity (Wildman–Crippen MR) is 149 cm³/mol. The molecule has 4 rings (SSSR count). The van der Waals surface area contributed by atoms with E-state index >= 15 is 0 Å². The summed E-state index contributed by atoms with van der Waals surface area (Å²) in [6.45, 7) is 6.55. The SMILES string of the molecule is CCOc1cccc(-c2ccccc2CN2CCN(c3ccc(C(=O)NS(=O)(=O)CCC(F)(F)F)cc3)CC2)c1. The highest BCUT2D eigenvalue weighted by Gasteiger charge is 2.30. The van der Waals surface area contributed by atoms with Crippen LogP contribution in [0.2, 0.25) is 0 Å². The van der Waals surface area contributed by atoms with E-state index in [-0.39, 0.29) is 5.56 Å². The van der Waals surface area contributed by atoms with Crippen molar-refractivity contribution in [2.75, 3.05) is 43.4 Å². The van der Waals surface area contributed by atoms with E-state index in [0.717, 1.165) is 49.7 Å². The first-order valence-electron chi connectivity index (χ1n) is 13.0. The second-order valence-electron chi connectivity index (χ2n) is 9.54. The average Bonchev–Trinajstić information content (AvgIpc) is 2.93. The van der Waals surface area contributed by atoms with Gasteiger partial charge < -0.3 is 9.64 Å². The fourth-order valence-electron chi connectivity index (χ4n) is 4.59. The number of benzene rings is 3. The summed E-state index contributed by atoms with van der Waals surface area (Å²) in [5.41, 5.74) is 4.44. The van der Waals surface area contributed by atoms with Crippen LogP contribution < -0.4 is 14.4 Å². The van der Waals surface area contributed by atoms with Crippen LogP contribution >= 0.6 is 0 Å². The summed E-state index contributed by atoms with van der Waals surface area (Å²) in [7, 11) is -4.39. The molecular formula is C29H32F3N3O4S. The summed E-state index contributed by atoms with van der Waals surface area (Å²) in [5.74, 6) is -1.31. The zero-order valence-electron chi connectivity index (χ0n) is 22.2. The van der Waals surface area contributed by atoms with Gasteiger partial charge >= 0.3 is 6.18 Å². The normalized spacial score (nSPS) is 14.7. The van der Waals surface area contributed by atoms with Crippen LogP contribution in [0.4, 0.5) is 18.9 Å². The van der Waals surface area contributed by atoms with Gasteiger partial charge in [0.15, 0.2) is 0 Å². The molecular weight excluding hydrogens is 543 g/mol. The summed E-state index contributed by atoms with van der Waals surface area (Å²) in [6.07, 6.45) is -6.14. The van der Waals surface area contributed by atoms with Crippen LogP contribution in [0.5, 0.6) is 5.75 Å². The summed E-state index contributed by atoms with van der Waals surface area (Å²) in [4.78, 5) is 16.8. The molecule has 1 aliphatic rings. The van der Waals surface area contributed by atoms with Gasteiger partial charge in [-0.25, -0.2) is 13.1 Å². The maximum absolute atomic E-state index is 12.3. The first-order valence-corrected chi connectivity index (χ1v) is 14.7. The largest absolute Gasteiger partial charge is 0.494 e. The number of hydrogen-bond acceptors (Lipinski definition) is 6. The summed E-state index contributed by atoms with van der Waals surface area (Å²) >= 11 is 0. The minimum absolute atomic E-state index is 0.0583. The molecule has 214 valence electrons. The van der Waals surface area contributed by atoms with E-state index in [1.165, 1.54) is 23.3 Å². The smallest absolute Gasteiger partial charge is 0.390 e. The Bertz CT molecular complexity index is 1400. The lowest BCUT2D eigenvalue weighted by Crippen LogP contribution is -2.46. The maximum atomic E-state index is 12.3. The van der Waals surface area contributed by atoms with Crippen LogP contribution in [0.15, 0.2) is 72.8 Å². The van der Waals surface area contributed by atoms with Gasteiger partial charge in [-0.3, -0.25) is 9.69 Å². The van der Waals surface area contributed by atoms with Crippen molar-refractivity contribution in [1.29, 1.82) is 0 Å². The summed E-state index contributed by atoms with van der Waals surface area (Å²) in [5, 5.41) is 0. The molecule has 1 amide bonds. The van der Waals surface area contributed by atoms with Crippen molar-refractivity contribution in [2.24, 2.45) is 0 Å². The van der Waals surface area contributed by atoms with E-state index in [1.807, 2.05) is 31.2 Å². The first-order chi connectivity index (χ1) is 19.0. The third-order valence-electron chi connectivity index (χ3n) is 6.64. The minimum atomic E-state index is -4.62. The second kappa shape index (κ2) is 12.7. The number of nitrogens with zero attached hydrogens (tertiary/aromatic N) is 2. The molecule has 0 atom stereocenters. The molecule has 1 fully saturated rings. The lowest BCUT2D eigenvalue weighted by atomic mass is 9.99. The van der Waals surface area contributed by atoms with Crippen molar-refractivity contribution in [3.05, 3.63) is 83.9 Å². The number of alkyl halides is 3. The lowest BCUT2D eigenvalue weighted by molar-refractivity contribution is -0.130. The number of hydrogen-bond donors (Lipinski definition) is 1. The first kappa shape index (κ1) is 29.4. The van der Waals surface area contributed by atoms with Gasteiger partial charge in [0.25, 0.3) is 5.91 Å². The number of anilines is 1. The minimum Gasteiger partial charge on any atom is -0.494 e. The van der Waals surface area contributed by atoms with Crippen molar-refractivity contribution < 1.29 is 31.1 Å². The predicted octanol–water partition coefficient (Wildman–Crippen LogP) is 5.09. The fourth-order valence-corrected chi connectivity index (χ4v) is 5.59. The van der Waals surface area contributed by atoms with Crippen LogP contribution in [0, 0.1) is 0 Å². The van der Waals surface area contributed by atoms with Gasteiger partial charge in [-0.2, -0.15) is 13.2 Å². The molecule has 0 aromatic heterocycles. The van der Waals surface area contributed by atoms with E-state index < -0.39 is 34.3 Å². The Balaban J connectivity index is 1.33. The Labute approximate surface area is 232 Å². The van der Waals surface area contributed by atoms with Crippen LogP contribution in [0.25, 0.3) is 11.1 Å². The molecule has 0 saturated carbocycles. The Morgan fingerprint density at radius 1 is 0.950 bits per heavy atom. The van der Waals surface area contributed by atoms with Crippen molar-refractivity contribution in [1.82, 2.24) is 9.62 Å². The van der Waals surface area contributed by atoms with E-state index in [1.54, 1.807) is 16.9 Å². The summed E-state index contributed by atoms with van der Waals surface area (Å²) < 4.78 is 68.0. The van der Waals surface area contributed by atoms with E-state index in [2.05, 4.69) is 34.1 Å². The van der Waals surface area contributed by atoms with Crippen LogP contribution in [0.1, 0.15) is 29.3 Å². The molecule has 0 bridgehead atoms. The molecule has 3 aromatic carbocycles. The number of piperazine rings is 1. The quantitative estimate of drug-likeness (QED) is 0.363. The molecule has 7 nitrogen and oxygen atoms in total. The van der Waals surface area contributed by atoms with Crippen molar-refractivity contribution in [3.63, 3.8) is 0 Å². The highest BCUT2D eigenvalue weighted by molar-refractivity contribution is 7.90. The number of carbonyl (C=O) groups is 1. The third-order valence-corrected chi connectivity index (χ3v) is 7.87. The molecule has 1 saturated heterocycles. The Kier molecular flexibility index (Phi) is 9.36. The number of rotatable bonds is 10. The second-order valence-corrected chi connectivity index (χ2v) is 11.4. The monoisotopic (exact) mass is 575 g/mol. The van der Waals surface area contributed by atoms with Crippen molar-refractivity contribution in [3.8, 4) is 16.9 Å². The van der Waals surface area contributed by atoms with Crippen molar-refractivity contribution >= 4 is 21.6 Å². The molecule has 0 aliphatic carbocycles. The molecule has 0 unspecified atom stereocenters. The number of sulfonamides is 1. The summed E-state index contributed by atoms with van der Waals surface area (Å²) in [6, 6.07) is 22.8. The molecule has 40 heavy (non-hydrogen) atoms. The van der Waals surface area contributed by atoms with Gasteiger partial charge in [0.1, 0.15) is 5.75 Å². The Hall–Kier alpha value is -3.57. The molecule has 1 heterocycles. The molecule has 0 spiro atoms. The van der Waals surface area contributed by atoms with E-state index in [9.17, 15) is 26.4 Å². The highest BCUT2D eigenvalue weighted by atomic mass is 32.2. The van der Waals surface area contributed by atoms with Crippen LogP contribution in [0.3, 0.4) is 0 Å². The van der Waals surface area contributed by atoms with Gasteiger partial charge in [-0.05, 0) is 60.0 Å². The topological polar surface area (TPSA) is 79.0 Å². The number of amides is 1. The molecule has 0 radical (unpaired) electrons. The maximum Gasteiger partial charge on any atom is 0.390 e. The van der Waals surface area contributed by atoms with Gasteiger partial charge in [0.2, 0.25) is 10.0 Å². The molecule has 1 aliphatic heterocycles. The number of carbonyl (C=O) groups excluding carboxylic acids is 1. The van der Waals surface area contributed by atoms with Gasteiger partial charge in [0, 0.05) is 44.0 Å². The van der Waals surface area contributed by atoms with E-state index in [0.29, 0.717) is 6.61 Å². The Morgan fingerprint density at radius 2 is 1.65 bits per heavy atom. The Morgan fingerprint density at radius 3 is 2.33 bits per heavy atom. The average molecular weight is 576 g/mol. The van der Waals surface area contributed by atoms with Crippen molar-refractivity contribution in [2.45, 2.75) is 26.1 Å². The standard InChI is InChI=1S/C29H32F3N3O4S/c1-2-39-26-8-5-7-23(20-26)27-9-4-3-6-24(27)21-34-15-17-35(18-16-34)25-12-10-22(11-13-25)28(36)33-40(37,38)19-14-29(30,31)32/h3-13,20H,2,14-19,21H2,1H3,(H,33,36). The molecule has 1 N–H and O–H groups in total. The molecule has 3 aromatic rings.